The molecule has 1 amide bonds. The van der Waals surface area contributed by atoms with Gasteiger partial charge in [0, 0.05) is 11.6 Å². The van der Waals surface area contributed by atoms with Gasteiger partial charge in [-0.3, -0.25) is 9.10 Å². The highest BCUT2D eigenvalue weighted by atomic mass is 35.5. The summed E-state index contributed by atoms with van der Waals surface area (Å²) < 4.78 is 39.2. The zero-order chi connectivity index (χ0) is 22.7. The van der Waals surface area contributed by atoms with Crippen molar-refractivity contribution >= 4 is 33.2 Å². The number of fused-ring (bicyclic) bond motifs is 1. The third kappa shape index (κ3) is 4.81. The molecule has 32 heavy (non-hydrogen) atoms. The molecule has 2 aromatic carbocycles. The maximum Gasteiger partial charge on any atom is 0.264 e. The minimum atomic E-state index is -3.96. The molecule has 1 N–H and O–H groups in total. The van der Waals surface area contributed by atoms with E-state index in [1.165, 1.54) is 48.9 Å². The number of benzene rings is 2. The van der Waals surface area contributed by atoms with E-state index in [2.05, 4.69) is 5.32 Å². The lowest BCUT2D eigenvalue weighted by Gasteiger charge is -2.35. The predicted octanol–water partition coefficient (Wildman–Crippen LogP) is 4.00. The van der Waals surface area contributed by atoms with Gasteiger partial charge in [0.2, 0.25) is 0 Å². The summed E-state index contributed by atoms with van der Waals surface area (Å²) >= 11 is 6.14. The average molecular weight is 479 g/mol. The van der Waals surface area contributed by atoms with Crippen LogP contribution in [0.15, 0.2) is 47.4 Å². The van der Waals surface area contributed by atoms with Crippen molar-refractivity contribution in [3.63, 3.8) is 0 Å². The molecule has 172 valence electrons. The minimum Gasteiger partial charge on any atom is -0.497 e. The summed E-state index contributed by atoms with van der Waals surface area (Å²) in [7, 11) is -2.45. The van der Waals surface area contributed by atoms with Crippen LogP contribution in [0.2, 0.25) is 5.02 Å². The summed E-state index contributed by atoms with van der Waals surface area (Å²) in [6.07, 6.45) is 4.86. The average Bonchev–Trinajstić information content (AvgIpc) is 2.82. The summed E-state index contributed by atoms with van der Waals surface area (Å²) in [5.74, 6) is 0.998. The van der Waals surface area contributed by atoms with E-state index < -0.39 is 16.1 Å². The first-order chi connectivity index (χ1) is 15.4. The number of ether oxygens (including phenoxy) is 2. The molecule has 1 heterocycles. The van der Waals surface area contributed by atoms with E-state index >= 15 is 0 Å². The van der Waals surface area contributed by atoms with E-state index in [0.717, 1.165) is 12.8 Å². The van der Waals surface area contributed by atoms with E-state index in [9.17, 15) is 13.2 Å². The van der Waals surface area contributed by atoms with E-state index in [1.54, 1.807) is 24.3 Å². The summed E-state index contributed by atoms with van der Waals surface area (Å²) in [5, 5.41) is 3.34. The Morgan fingerprint density at radius 2 is 1.88 bits per heavy atom. The molecule has 2 aromatic rings. The lowest BCUT2D eigenvalue weighted by atomic mass is 9.89. The zero-order valence-corrected chi connectivity index (χ0v) is 19.5. The van der Waals surface area contributed by atoms with E-state index in [4.69, 9.17) is 21.1 Å². The number of amides is 1. The maximum absolute atomic E-state index is 13.5. The summed E-state index contributed by atoms with van der Waals surface area (Å²) in [6.45, 7) is 0.440. The van der Waals surface area contributed by atoms with Gasteiger partial charge in [0.15, 0.2) is 6.10 Å². The van der Waals surface area contributed by atoms with Crippen molar-refractivity contribution in [2.45, 2.75) is 43.1 Å². The van der Waals surface area contributed by atoms with Crippen LogP contribution in [-0.4, -0.2) is 40.6 Å². The second-order valence-corrected chi connectivity index (χ2v) is 10.5. The Morgan fingerprint density at radius 1 is 1.16 bits per heavy atom. The van der Waals surface area contributed by atoms with Crippen LogP contribution >= 0.6 is 11.6 Å². The number of nitrogens with zero attached hydrogens (tertiary/aromatic N) is 1. The molecule has 9 heteroatoms. The predicted molar refractivity (Wildman–Crippen MR) is 123 cm³/mol. The Bertz CT molecular complexity index is 1070. The molecule has 2 aliphatic rings. The van der Waals surface area contributed by atoms with Crippen LogP contribution in [0.3, 0.4) is 0 Å². The second kappa shape index (κ2) is 9.58. The lowest BCUT2D eigenvalue weighted by molar-refractivity contribution is -0.128. The topological polar surface area (TPSA) is 84.9 Å². The van der Waals surface area contributed by atoms with Gasteiger partial charge in [-0.15, -0.1) is 0 Å². The van der Waals surface area contributed by atoms with Gasteiger partial charge in [-0.05, 0) is 61.2 Å². The highest BCUT2D eigenvalue weighted by Gasteiger charge is 2.38. The fourth-order valence-corrected chi connectivity index (χ4v) is 5.85. The summed E-state index contributed by atoms with van der Waals surface area (Å²) in [4.78, 5) is 13.0. The highest BCUT2D eigenvalue weighted by molar-refractivity contribution is 7.92. The molecule has 7 nitrogen and oxygen atoms in total. The zero-order valence-electron chi connectivity index (χ0n) is 17.9. The Labute approximate surface area is 193 Å². The normalized spacial score (nSPS) is 19.1. The van der Waals surface area contributed by atoms with Gasteiger partial charge in [0.1, 0.15) is 11.5 Å². The van der Waals surface area contributed by atoms with Crippen LogP contribution in [0.25, 0.3) is 0 Å². The first kappa shape index (κ1) is 22.7. The monoisotopic (exact) mass is 478 g/mol. The van der Waals surface area contributed by atoms with E-state index in [1.807, 2.05) is 0 Å². The number of halogens is 1. The molecule has 4 rings (SSSR count). The van der Waals surface area contributed by atoms with Crippen molar-refractivity contribution in [2.24, 2.45) is 5.92 Å². The van der Waals surface area contributed by atoms with Crippen LogP contribution in [-0.2, 0) is 14.8 Å². The van der Waals surface area contributed by atoms with Crippen LogP contribution in [0.4, 0.5) is 5.69 Å². The van der Waals surface area contributed by atoms with Gasteiger partial charge in [-0.25, -0.2) is 8.42 Å². The number of hydrogen-bond donors (Lipinski definition) is 1. The number of methoxy groups -OCH3 is 1. The van der Waals surface area contributed by atoms with Gasteiger partial charge in [-0.1, -0.05) is 30.9 Å². The third-order valence-corrected chi connectivity index (χ3v) is 8.05. The molecule has 0 radical (unpaired) electrons. The molecule has 0 aromatic heterocycles. The Kier molecular flexibility index (Phi) is 6.81. The summed E-state index contributed by atoms with van der Waals surface area (Å²) in [6, 6.07) is 10.9. The molecule has 1 saturated carbocycles. The van der Waals surface area contributed by atoms with Crippen molar-refractivity contribution in [3.8, 4) is 11.5 Å². The lowest BCUT2D eigenvalue weighted by Crippen LogP contribution is -2.51. The number of carbonyl (C=O) groups is 1. The van der Waals surface area contributed by atoms with E-state index in [-0.39, 0.29) is 17.3 Å². The fraction of sp³-hybridized carbons (Fsp3) is 0.435. The second-order valence-electron chi connectivity index (χ2n) is 8.18. The third-order valence-electron chi connectivity index (χ3n) is 6.02. The summed E-state index contributed by atoms with van der Waals surface area (Å²) in [5.41, 5.74) is 0.310. The van der Waals surface area contributed by atoms with Gasteiger partial charge < -0.3 is 14.8 Å². The number of sulfonamides is 1. The van der Waals surface area contributed by atoms with Crippen LogP contribution < -0.4 is 19.1 Å². The Morgan fingerprint density at radius 3 is 2.56 bits per heavy atom. The molecule has 0 bridgehead atoms. The SMILES string of the molecule is COc1ccc(S(=O)(=O)N2C[C@@H](C(=O)NCC3CCCCC3)Oc3ccc(Cl)cc32)cc1. The number of hydrogen-bond acceptors (Lipinski definition) is 5. The van der Waals surface area contributed by atoms with Gasteiger partial charge >= 0.3 is 0 Å². The maximum atomic E-state index is 13.5. The standard InChI is InChI=1S/C23H27ClN2O5S/c1-30-18-8-10-19(11-9-18)32(28,29)26-15-22(31-21-12-7-17(24)13-20(21)26)23(27)25-14-16-5-3-2-4-6-16/h7-13,16,22H,2-6,14-15H2,1H3,(H,25,27)/t22-/m0/s1. The number of anilines is 1. The molecular weight excluding hydrogens is 452 g/mol. The smallest absolute Gasteiger partial charge is 0.264 e. The van der Waals surface area contributed by atoms with Crippen LogP contribution in [0.1, 0.15) is 32.1 Å². The van der Waals surface area contributed by atoms with Gasteiger partial charge in [-0.2, -0.15) is 0 Å². The van der Waals surface area contributed by atoms with Gasteiger partial charge in [0.05, 0.1) is 24.2 Å². The quantitative estimate of drug-likeness (QED) is 0.678. The molecular formula is C23H27ClN2O5S. The van der Waals surface area contributed by atoms with Crippen molar-refractivity contribution in [1.29, 1.82) is 0 Å². The molecule has 1 fully saturated rings. The fourth-order valence-electron chi connectivity index (χ4n) is 4.21. The Hall–Kier alpha value is -2.45. The van der Waals surface area contributed by atoms with Crippen molar-refractivity contribution in [3.05, 3.63) is 47.5 Å². The van der Waals surface area contributed by atoms with Crippen molar-refractivity contribution in [2.75, 3.05) is 24.5 Å². The number of rotatable bonds is 6. The number of nitrogens with one attached hydrogen (secondary N) is 1. The van der Waals surface area contributed by atoms with Crippen molar-refractivity contribution in [1.82, 2.24) is 5.32 Å². The first-order valence-electron chi connectivity index (χ1n) is 10.8. The molecule has 0 saturated heterocycles. The van der Waals surface area contributed by atoms with Crippen LogP contribution in [0, 0.1) is 5.92 Å². The number of carbonyl (C=O) groups excluding carboxylic acids is 1. The first-order valence-corrected chi connectivity index (χ1v) is 12.6. The van der Waals surface area contributed by atoms with Crippen LogP contribution in [0.5, 0.6) is 11.5 Å². The van der Waals surface area contributed by atoms with Gasteiger partial charge in [0.25, 0.3) is 15.9 Å². The minimum absolute atomic E-state index is 0.0903. The molecule has 1 aliphatic carbocycles. The molecule has 1 atom stereocenters. The molecule has 0 unspecified atom stereocenters. The highest BCUT2D eigenvalue weighted by Crippen LogP contribution is 2.39. The van der Waals surface area contributed by atoms with Crippen molar-refractivity contribution < 1.29 is 22.7 Å². The molecule has 1 aliphatic heterocycles. The largest absolute Gasteiger partial charge is 0.497 e. The Balaban J connectivity index is 1.59. The molecule has 0 spiro atoms. The van der Waals surface area contributed by atoms with E-state index in [0.29, 0.717) is 34.7 Å².